The lowest BCUT2D eigenvalue weighted by atomic mass is 9.93. The van der Waals surface area contributed by atoms with Gasteiger partial charge in [-0.15, -0.1) is 6.58 Å². The van der Waals surface area contributed by atoms with Gasteiger partial charge in [0.15, 0.2) is 0 Å². The van der Waals surface area contributed by atoms with Crippen LogP contribution in [0.25, 0.3) is 0 Å². The highest BCUT2D eigenvalue weighted by atomic mass is 14.8. The minimum atomic E-state index is 0.719. The lowest BCUT2D eigenvalue weighted by Crippen LogP contribution is -2.14. The third kappa shape index (κ3) is 13.2. The topological polar surface area (TPSA) is 12.0 Å². The van der Waals surface area contributed by atoms with E-state index >= 15 is 0 Å². The van der Waals surface area contributed by atoms with Gasteiger partial charge in [0, 0.05) is 0 Å². The van der Waals surface area contributed by atoms with E-state index in [0.29, 0.717) is 0 Å². The molecule has 0 aromatic carbocycles. The molecule has 106 valence electrons. The van der Waals surface area contributed by atoms with Crippen LogP contribution in [0, 0.1) is 5.92 Å². The van der Waals surface area contributed by atoms with Crippen molar-refractivity contribution in [2.75, 3.05) is 13.1 Å². The molecule has 0 spiro atoms. The van der Waals surface area contributed by atoms with Crippen LogP contribution in [-0.2, 0) is 0 Å². The van der Waals surface area contributed by atoms with E-state index in [9.17, 15) is 0 Å². The summed E-state index contributed by atoms with van der Waals surface area (Å²) >= 11 is 0. The van der Waals surface area contributed by atoms with Crippen molar-refractivity contribution in [3.05, 3.63) is 36.5 Å². The summed E-state index contributed by atoms with van der Waals surface area (Å²) in [5, 5.41) is 3.41. The summed E-state index contributed by atoms with van der Waals surface area (Å²) in [5.41, 5.74) is 2.47. The van der Waals surface area contributed by atoms with E-state index in [-0.39, 0.29) is 0 Å². The van der Waals surface area contributed by atoms with Crippen LogP contribution in [0.1, 0.15) is 53.9 Å². The first-order valence-corrected chi connectivity index (χ1v) is 7.22. The zero-order valence-corrected chi connectivity index (χ0v) is 13.2. The van der Waals surface area contributed by atoms with Crippen LogP contribution in [-0.4, -0.2) is 13.1 Å². The van der Waals surface area contributed by atoms with E-state index in [1.165, 1.54) is 37.0 Å². The van der Waals surface area contributed by atoms with Crippen molar-refractivity contribution in [3.8, 4) is 0 Å². The fourth-order valence-corrected chi connectivity index (χ4v) is 1.74. The van der Waals surface area contributed by atoms with Gasteiger partial charge in [0.2, 0.25) is 0 Å². The average Bonchev–Trinajstić information content (AvgIpc) is 2.60. The summed E-state index contributed by atoms with van der Waals surface area (Å²) in [6.45, 7) is 20.0. The molecule has 1 N–H and O–H groups in total. The molecular formula is C17H33N. The summed E-state index contributed by atoms with van der Waals surface area (Å²) in [6.07, 6.45) is 8.08. The Balaban J connectivity index is 0. The second kappa shape index (κ2) is 14.2. The Labute approximate surface area is 115 Å². The average molecular weight is 251 g/mol. The smallest absolute Gasteiger partial charge is 0.00431 e. The molecule has 1 heteroatoms. The summed E-state index contributed by atoms with van der Waals surface area (Å²) in [7, 11) is 0. The van der Waals surface area contributed by atoms with Crippen molar-refractivity contribution < 1.29 is 0 Å². The van der Waals surface area contributed by atoms with E-state index in [2.05, 4.69) is 37.6 Å². The third-order valence-corrected chi connectivity index (χ3v) is 2.48. The van der Waals surface area contributed by atoms with Gasteiger partial charge >= 0.3 is 0 Å². The number of hydrogen-bond acceptors (Lipinski definition) is 1. The first-order chi connectivity index (χ1) is 8.57. The molecule has 0 amide bonds. The molecule has 1 atom stereocenters. The lowest BCUT2D eigenvalue weighted by Gasteiger charge is -2.13. The highest BCUT2D eigenvalue weighted by Gasteiger charge is 2.12. The zero-order valence-electron chi connectivity index (χ0n) is 13.2. The van der Waals surface area contributed by atoms with Gasteiger partial charge in [0.25, 0.3) is 0 Å². The van der Waals surface area contributed by atoms with Crippen LogP contribution in [0.4, 0.5) is 0 Å². The lowest BCUT2D eigenvalue weighted by molar-refractivity contribution is 0.557. The predicted octanol–water partition coefficient (Wildman–Crippen LogP) is 5.12. The molecule has 1 rings (SSSR count). The van der Waals surface area contributed by atoms with Gasteiger partial charge in [0.05, 0.1) is 0 Å². The van der Waals surface area contributed by atoms with Crippen LogP contribution in [0.15, 0.2) is 36.5 Å². The van der Waals surface area contributed by atoms with Crippen LogP contribution in [0.5, 0.6) is 0 Å². The third-order valence-electron chi connectivity index (χ3n) is 2.48. The standard InChI is InChI=1S/C11H19N.C4H8.C2H6/c1-3-5-10(2)11-6-4-8-12-9-7-11;1-4(2)3;1-2/h3,5,11-12H,2,4,6-9H2,1H3;1H2,2-3H3;1-2H3/b5-3-;;. The molecule has 1 fully saturated rings. The molecular weight excluding hydrogens is 218 g/mol. The van der Waals surface area contributed by atoms with E-state index < -0.39 is 0 Å². The van der Waals surface area contributed by atoms with Crippen molar-refractivity contribution in [2.45, 2.75) is 53.9 Å². The van der Waals surface area contributed by atoms with Gasteiger partial charge in [-0.1, -0.05) is 43.7 Å². The maximum absolute atomic E-state index is 4.10. The van der Waals surface area contributed by atoms with Gasteiger partial charge in [-0.2, -0.15) is 0 Å². The first kappa shape index (κ1) is 19.5. The second-order valence-corrected chi connectivity index (χ2v) is 4.66. The van der Waals surface area contributed by atoms with Crippen LogP contribution < -0.4 is 5.32 Å². The molecule has 0 aromatic heterocycles. The zero-order chi connectivity index (χ0) is 14.4. The van der Waals surface area contributed by atoms with Crippen molar-refractivity contribution in [1.82, 2.24) is 5.32 Å². The number of hydrogen-bond donors (Lipinski definition) is 1. The first-order valence-electron chi connectivity index (χ1n) is 7.22. The van der Waals surface area contributed by atoms with E-state index in [1.54, 1.807) is 0 Å². The number of rotatable bonds is 2. The minimum absolute atomic E-state index is 0.719. The van der Waals surface area contributed by atoms with Crippen molar-refractivity contribution in [1.29, 1.82) is 0 Å². The number of nitrogens with one attached hydrogen (secondary N) is 1. The van der Waals surface area contributed by atoms with Crippen LogP contribution in [0.3, 0.4) is 0 Å². The minimum Gasteiger partial charge on any atom is -0.317 e. The SMILES string of the molecule is C=C(/C=C\C)C1CCCNCC1.C=C(C)C.CC. The molecule has 1 nitrogen and oxygen atoms in total. The molecule has 1 heterocycles. The Morgan fingerprint density at radius 3 is 2.17 bits per heavy atom. The molecule has 18 heavy (non-hydrogen) atoms. The highest BCUT2D eigenvalue weighted by molar-refractivity contribution is 5.17. The summed E-state index contributed by atoms with van der Waals surface area (Å²) < 4.78 is 0. The van der Waals surface area contributed by atoms with Gasteiger partial charge in [0.1, 0.15) is 0 Å². The Hall–Kier alpha value is -0.820. The monoisotopic (exact) mass is 251 g/mol. The molecule has 0 bridgehead atoms. The van der Waals surface area contributed by atoms with Crippen molar-refractivity contribution >= 4 is 0 Å². The van der Waals surface area contributed by atoms with Crippen LogP contribution >= 0.6 is 0 Å². The molecule has 0 aliphatic carbocycles. The Morgan fingerprint density at radius 2 is 1.67 bits per heavy atom. The molecule has 0 aromatic rings. The molecule has 0 radical (unpaired) electrons. The maximum atomic E-state index is 4.10. The second-order valence-electron chi connectivity index (χ2n) is 4.66. The molecule has 1 saturated heterocycles. The van der Waals surface area contributed by atoms with Gasteiger partial charge in [-0.05, 0) is 59.0 Å². The summed E-state index contributed by atoms with van der Waals surface area (Å²) in [4.78, 5) is 0. The van der Waals surface area contributed by atoms with E-state index in [1.807, 2.05) is 27.7 Å². The van der Waals surface area contributed by atoms with Gasteiger partial charge in [-0.3, -0.25) is 0 Å². The molecule has 0 saturated carbocycles. The predicted molar refractivity (Wildman–Crippen MR) is 86.0 cm³/mol. The van der Waals surface area contributed by atoms with Gasteiger partial charge < -0.3 is 5.32 Å². The maximum Gasteiger partial charge on any atom is -0.00431 e. The molecule has 1 aliphatic heterocycles. The van der Waals surface area contributed by atoms with Crippen molar-refractivity contribution in [2.24, 2.45) is 5.92 Å². The van der Waals surface area contributed by atoms with Gasteiger partial charge in [-0.25, -0.2) is 0 Å². The van der Waals surface area contributed by atoms with E-state index in [0.717, 1.165) is 12.5 Å². The fourth-order valence-electron chi connectivity index (χ4n) is 1.74. The largest absolute Gasteiger partial charge is 0.317 e. The summed E-state index contributed by atoms with van der Waals surface area (Å²) in [6, 6.07) is 0. The molecule has 1 unspecified atom stereocenters. The highest BCUT2D eigenvalue weighted by Crippen LogP contribution is 2.21. The summed E-state index contributed by atoms with van der Waals surface area (Å²) in [5.74, 6) is 0.719. The Morgan fingerprint density at radius 1 is 1.11 bits per heavy atom. The number of allylic oxidation sites excluding steroid dienone is 4. The quantitative estimate of drug-likeness (QED) is 0.531. The Bertz CT molecular complexity index is 226. The normalized spacial score (nSPS) is 18.8. The van der Waals surface area contributed by atoms with Crippen LogP contribution in [0.2, 0.25) is 0 Å². The van der Waals surface area contributed by atoms with E-state index in [4.69, 9.17) is 0 Å². The van der Waals surface area contributed by atoms with Crippen molar-refractivity contribution in [3.63, 3.8) is 0 Å². The molecule has 1 aliphatic rings. The fraction of sp³-hybridized carbons (Fsp3) is 0.647. The Kier molecular flexibility index (Phi) is 15.4.